The Morgan fingerprint density at radius 1 is 0.972 bits per heavy atom. The van der Waals surface area contributed by atoms with Crippen molar-refractivity contribution in [1.29, 1.82) is 0 Å². The minimum atomic E-state index is -0.202. The maximum absolute atomic E-state index is 13.0. The van der Waals surface area contributed by atoms with Gasteiger partial charge in [-0.1, -0.05) is 6.07 Å². The van der Waals surface area contributed by atoms with Crippen molar-refractivity contribution in [2.75, 3.05) is 41.8 Å². The van der Waals surface area contributed by atoms with E-state index in [1.807, 2.05) is 56.4 Å². The number of nitrogens with zero attached hydrogens (tertiary/aromatic N) is 5. The molecule has 0 bridgehead atoms. The zero-order chi connectivity index (χ0) is 24.9. The van der Waals surface area contributed by atoms with E-state index in [-0.39, 0.29) is 5.91 Å². The van der Waals surface area contributed by atoms with E-state index in [1.165, 1.54) is 0 Å². The third-order valence-electron chi connectivity index (χ3n) is 5.91. The minimum Gasteiger partial charge on any atom is -0.378 e. The molecular weight excluding hydrogens is 454 g/mol. The van der Waals surface area contributed by atoms with Gasteiger partial charge in [-0.2, -0.15) is 0 Å². The Labute approximate surface area is 209 Å². The van der Waals surface area contributed by atoms with Crippen molar-refractivity contribution in [3.8, 4) is 11.3 Å². The summed E-state index contributed by atoms with van der Waals surface area (Å²) in [5.74, 6) is 1.04. The SMILES string of the molecule is Cc1cncc(-c2ccnc(Nc3cc(NC(=O)c4ccnc(N5CCOCC5)c4)ccc3C)n2)c1. The first-order valence-electron chi connectivity index (χ1n) is 11.8. The molecule has 36 heavy (non-hydrogen) atoms. The van der Waals surface area contributed by atoms with Crippen LogP contribution in [0.2, 0.25) is 0 Å². The van der Waals surface area contributed by atoms with Crippen LogP contribution >= 0.6 is 0 Å². The zero-order valence-electron chi connectivity index (χ0n) is 20.2. The number of hydrogen-bond donors (Lipinski definition) is 2. The van der Waals surface area contributed by atoms with Crippen LogP contribution in [-0.4, -0.2) is 52.1 Å². The number of amides is 1. The summed E-state index contributed by atoms with van der Waals surface area (Å²) in [6.45, 7) is 6.82. The first-order chi connectivity index (χ1) is 17.5. The van der Waals surface area contributed by atoms with Crippen LogP contribution in [0.1, 0.15) is 21.5 Å². The molecule has 1 amide bonds. The summed E-state index contributed by atoms with van der Waals surface area (Å²) in [6.07, 6.45) is 6.96. The van der Waals surface area contributed by atoms with Crippen LogP contribution in [0, 0.1) is 13.8 Å². The Morgan fingerprint density at radius 3 is 2.64 bits per heavy atom. The smallest absolute Gasteiger partial charge is 0.255 e. The summed E-state index contributed by atoms with van der Waals surface area (Å²) < 4.78 is 5.41. The predicted molar refractivity (Wildman–Crippen MR) is 140 cm³/mol. The van der Waals surface area contributed by atoms with Gasteiger partial charge in [-0.05, 0) is 61.4 Å². The molecule has 0 spiro atoms. The number of aromatic nitrogens is 4. The Morgan fingerprint density at radius 2 is 1.81 bits per heavy atom. The van der Waals surface area contributed by atoms with Crippen LogP contribution < -0.4 is 15.5 Å². The van der Waals surface area contributed by atoms with Gasteiger partial charge in [0.15, 0.2) is 0 Å². The Kier molecular flexibility index (Phi) is 6.81. The van der Waals surface area contributed by atoms with Crippen LogP contribution in [0.25, 0.3) is 11.3 Å². The van der Waals surface area contributed by atoms with Crippen molar-refractivity contribution in [1.82, 2.24) is 19.9 Å². The van der Waals surface area contributed by atoms with Crippen LogP contribution in [0.3, 0.4) is 0 Å². The Bertz CT molecular complexity index is 1390. The molecule has 1 aliphatic rings. The minimum absolute atomic E-state index is 0.202. The van der Waals surface area contributed by atoms with E-state index in [2.05, 4.69) is 35.5 Å². The Balaban J connectivity index is 1.32. The maximum Gasteiger partial charge on any atom is 0.255 e. The molecule has 1 aliphatic heterocycles. The monoisotopic (exact) mass is 481 g/mol. The van der Waals surface area contributed by atoms with Crippen LogP contribution in [0.15, 0.2) is 67.3 Å². The average Bonchev–Trinajstić information content (AvgIpc) is 2.91. The highest BCUT2D eigenvalue weighted by Gasteiger charge is 2.15. The number of rotatable bonds is 6. The van der Waals surface area contributed by atoms with Crippen molar-refractivity contribution < 1.29 is 9.53 Å². The second kappa shape index (κ2) is 10.5. The van der Waals surface area contributed by atoms with E-state index in [4.69, 9.17) is 4.74 Å². The third-order valence-corrected chi connectivity index (χ3v) is 5.91. The van der Waals surface area contributed by atoms with Crippen molar-refractivity contribution in [2.45, 2.75) is 13.8 Å². The molecule has 1 saturated heterocycles. The highest BCUT2D eigenvalue weighted by atomic mass is 16.5. The van der Waals surface area contributed by atoms with E-state index < -0.39 is 0 Å². The molecule has 0 saturated carbocycles. The first kappa shape index (κ1) is 23.4. The molecule has 0 unspecified atom stereocenters. The molecule has 182 valence electrons. The van der Waals surface area contributed by atoms with Gasteiger partial charge < -0.3 is 20.3 Å². The molecule has 2 N–H and O–H groups in total. The number of anilines is 4. The highest BCUT2D eigenvalue weighted by Crippen LogP contribution is 2.25. The molecule has 9 nitrogen and oxygen atoms in total. The van der Waals surface area contributed by atoms with Crippen molar-refractivity contribution in [3.05, 3.63) is 83.9 Å². The molecule has 0 radical (unpaired) electrons. The third kappa shape index (κ3) is 5.47. The van der Waals surface area contributed by atoms with E-state index in [0.29, 0.717) is 30.4 Å². The van der Waals surface area contributed by atoms with Gasteiger partial charge in [-0.25, -0.2) is 15.0 Å². The number of aryl methyl sites for hydroxylation is 2. The van der Waals surface area contributed by atoms with E-state index >= 15 is 0 Å². The lowest BCUT2D eigenvalue weighted by atomic mass is 10.1. The highest BCUT2D eigenvalue weighted by molar-refractivity contribution is 6.05. The van der Waals surface area contributed by atoms with Crippen LogP contribution in [0.5, 0.6) is 0 Å². The second-order valence-corrected chi connectivity index (χ2v) is 8.63. The van der Waals surface area contributed by atoms with Crippen molar-refractivity contribution in [3.63, 3.8) is 0 Å². The second-order valence-electron chi connectivity index (χ2n) is 8.63. The molecular formula is C27H27N7O2. The fourth-order valence-electron chi connectivity index (χ4n) is 3.96. The molecule has 0 aliphatic carbocycles. The number of hydrogen-bond acceptors (Lipinski definition) is 8. The molecule has 9 heteroatoms. The Hall–Kier alpha value is -4.37. The number of pyridine rings is 2. The van der Waals surface area contributed by atoms with Crippen molar-refractivity contribution >= 4 is 29.0 Å². The van der Waals surface area contributed by atoms with Gasteiger partial charge in [-0.15, -0.1) is 0 Å². The zero-order valence-corrected chi connectivity index (χ0v) is 20.2. The van der Waals surface area contributed by atoms with Gasteiger partial charge in [0.1, 0.15) is 5.82 Å². The van der Waals surface area contributed by atoms with Gasteiger partial charge >= 0.3 is 0 Å². The molecule has 1 fully saturated rings. The fourth-order valence-corrected chi connectivity index (χ4v) is 3.96. The number of carbonyl (C=O) groups excluding carboxylic acids is 1. The van der Waals surface area contributed by atoms with Gasteiger partial charge in [0.25, 0.3) is 5.91 Å². The van der Waals surface area contributed by atoms with E-state index in [9.17, 15) is 4.79 Å². The van der Waals surface area contributed by atoms with E-state index in [1.54, 1.807) is 24.7 Å². The number of carbonyl (C=O) groups is 1. The van der Waals surface area contributed by atoms with Gasteiger partial charge in [0.2, 0.25) is 5.95 Å². The van der Waals surface area contributed by atoms with Crippen molar-refractivity contribution in [2.24, 2.45) is 0 Å². The molecule has 4 heterocycles. The summed E-state index contributed by atoms with van der Waals surface area (Å²) in [5, 5.41) is 6.27. The maximum atomic E-state index is 13.0. The van der Waals surface area contributed by atoms with Crippen LogP contribution in [-0.2, 0) is 4.74 Å². The number of benzene rings is 1. The largest absolute Gasteiger partial charge is 0.378 e. The summed E-state index contributed by atoms with van der Waals surface area (Å²) in [6, 6.07) is 13.1. The summed E-state index contributed by atoms with van der Waals surface area (Å²) >= 11 is 0. The summed E-state index contributed by atoms with van der Waals surface area (Å²) in [7, 11) is 0. The molecule has 5 rings (SSSR count). The molecule has 1 aromatic carbocycles. The predicted octanol–water partition coefficient (Wildman–Crippen LogP) is 4.38. The van der Waals surface area contributed by atoms with E-state index in [0.717, 1.165) is 47.0 Å². The normalized spacial score (nSPS) is 13.3. The quantitative estimate of drug-likeness (QED) is 0.418. The lowest BCUT2D eigenvalue weighted by Crippen LogP contribution is -2.36. The topological polar surface area (TPSA) is 105 Å². The van der Waals surface area contributed by atoms with Gasteiger partial charge in [-0.3, -0.25) is 9.78 Å². The van der Waals surface area contributed by atoms with Crippen LogP contribution in [0.4, 0.5) is 23.1 Å². The lowest BCUT2D eigenvalue weighted by Gasteiger charge is -2.27. The van der Waals surface area contributed by atoms with Gasteiger partial charge in [0, 0.05) is 60.4 Å². The number of ether oxygens (including phenoxy) is 1. The number of nitrogens with one attached hydrogen (secondary N) is 2. The lowest BCUT2D eigenvalue weighted by molar-refractivity contribution is 0.102. The first-order valence-corrected chi connectivity index (χ1v) is 11.8. The molecule has 3 aromatic heterocycles. The molecule has 4 aromatic rings. The van der Waals surface area contributed by atoms with Gasteiger partial charge in [0.05, 0.1) is 18.9 Å². The fraction of sp³-hybridized carbons (Fsp3) is 0.222. The molecule has 0 atom stereocenters. The number of morpholine rings is 1. The summed E-state index contributed by atoms with van der Waals surface area (Å²) in [4.78, 5) is 32.8. The summed E-state index contributed by atoms with van der Waals surface area (Å²) in [5.41, 5.74) is 5.77. The standard InChI is InChI=1S/C27H27N7O2/c1-18-13-21(17-28-16-18)23-6-8-30-27(32-23)33-24-15-22(4-3-19(24)2)31-26(35)20-5-7-29-25(14-20)34-9-11-36-12-10-34/h3-8,13-17H,9-12H2,1-2H3,(H,31,35)(H,30,32,33). The average molecular weight is 482 g/mol.